The fourth-order valence-electron chi connectivity index (χ4n) is 5.29. The van der Waals surface area contributed by atoms with Gasteiger partial charge in [0.05, 0.1) is 24.5 Å². The summed E-state index contributed by atoms with van der Waals surface area (Å²) in [5.74, 6) is 1.73. The summed E-state index contributed by atoms with van der Waals surface area (Å²) in [6.07, 6.45) is 1.58. The van der Waals surface area contributed by atoms with Crippen LogP contribution in [0.2, 0.25) is 0 Å². The number of hydrogen-bond donors (Lipinski definition) is 2. The largest absolute Gasteiger partial charge is 0.483 e. The van der Waals surface area contributed by atoms with Crippen molar-refractivity contribution in [1.29, 1.82) is 0 Å². The third-order valence-corrected chi connectivity index (χ3v) is 8.44. The number of halogens is 1. The second-order valence-electron chi connectivity index (χ2n) is 11.8. The molecule has 2 amide bonds. The average Bonchev–Trinajstić information content (AvgIpc) is 3.69. The number of carbonyl (C=O) groups excluding carboxylic acids is 2. The van der Waals surface area contributed by atoms with E-state index in [1.165, 1.54) is 23.0 Å². The van der Waals surface area contributed by atoms with E-state index in [0.717, 1.165) is 24.6 Å². The Morgan fingerprint density at radius 2 is 1.82 bits per heavy atom. The summed E-state index contributed by atoms with van der Waals surface area (Å²) in [6, 6.07) is 4.16. The molecular formula is C30H39FN6O7S. The van der Waals surface area contributed by atoms with Crippen molar-refractivity contribution < 1.29 is 37.7 Å². The lowest BCUT2D eigenvalue weighted by molar-refractivity contribution is -0.0138. The lowest BCUT2D eigenvalue weighted by Gasteiger charge is -2.29. The molecule has 4 atom stereocenters. The van der Waals surface area contributed by atoms with Gasteiger partial charge in [0.2, 0.25) is 0 Å². The van der Waals surface area contributed by atoms with Gasteiger partial charge in [-0.25, -0.2) is 18.7 Å². The Morgan fingerprint density at radius 1 is 1.13 bits per heavy atom. The minimum absolute atomic E-state index is 0.162. The van der Waals surface area contributed by atoms with E-state index in [9.17, 15) is 14.0 Å². The van der Waals surface area contributed by atoms with Crippen molar-refractivity contribution in [2.24, 2.45) is 5.73 Å². The molecule has 3 fully saturated rings. The van der Waals surface area contributed by atoms with Crippen molar-refractivity contribution in [2.75, 3.05) is 50.2 Å². The molecule has 15 heteroatoms. The molecule has 0 radical (unpaired) electrons. The van der Waals surface area contributed by atoms with Crippen LogP contribution in [0, 0.1) is 12.7 Å². The Balaban J connectivity index is 0.000000259. The van der Waals surface area contributed by atoms with Gasteiger partial charge in [0.15, 0.2) is 11.9 Å². The minimum atomic E-state index is -0.563. The first-order valence-electron chi connectivity index (χ1n) is 14.6. The lowest BCUT2D eigenvalue weighted by Crippen LogP contribution is -2.41. The van der Waals surface area contributed by atoms with Gasteiger partial charge in [-0.15, -0.1) is 0 Å². The molecule has 3 aromatic rings. The quantitative estimate of drug-likeness (QED) is 0.405. The minimum Gasteiger partial charge on any atom is -0.483 e. The Morgan fingerprint density at radius 3 is 2.49 bits per heavy atom. The summed E-state index contributed by atoms with van der Waals surface area (Å²) in [5.41, 5.74) is 7.11. The normalized spacial score (nSPS) is 22.8. The molecule has 45 heavy (non-hydrogen) atoms. The number of hydrogen-bond acceptors (Lipinski definition) is 11. The van der Waals surface area contributed by atoms with Crippen LogP contribution in [0.25, 0.3) is 5.52 Å². The second-order valence-corrected chi connectivity index (χ2v) is 13.0. The van der Waals surface area contributed by atoms with Crippen LogP contribution in [0.5, 0.6) is 5.75 Å². The number of amides is 2. The molecule has 1 aromatic carbocycles. The molecule has 6 rings (SSSR count). The van der Waals surface area contributed by atoms with E-state index in [0.29, 0.717) is 41.4 Å². The van der Waals surface area contributed by atoms with Gasteiger partial charge in [-0.1, -0.05) is 0 Å². The molecule has 3 aliphatic heterocycles. The molecule has 0 aliphatic carbocycles. The number of ether oxygens (including phenoxy) is 5. The maximum Gasteiger partial charge on any atom is 0.410 e. The zero-order valence-corrected chi connectivity index (χ0v) is 26.8. The number of primary amides is 1. The monoisotopic (exact) mass is 646 g/mol. The number of thioether (sulfide) groups is 1. The predicted molar refractivity (Wildman–Crippen MR) is 166 cm³/mol. The molecule has 2 unspecified atom stereocenters. The summed E-state index contributed by atoms with van der Waals surface area (Å²) >= 11 is 1.88. The first kappa shape index (κ1) is 32.7. The maximum absolute atomic E-state index is 14.1. The van der Waals surface area contributed by atoms with E-state index in [4.69, 9.17) is 29.4 Å². The molecule has 2 aromatic heterocycles. The van der Waals surface area contributed by atoms with Crippen molar-refractivity contribution in [3.05, 3.63) is 47.7 Å². The SMILES string of the molecule is CC(C)(C)OC(=O)N1CCSCC1.COC1CO[C@@H]2C(Oc3cc(F)ccc3Nc3ncnn4cc(C(N)=O)c(C)c34)CO[C@H]12. The van der Waals surface area contributed by atoms with Gasteiger partial charge in [-0.2, -0.15) is 16.9 Å². The predicted octanol–water partition coefficient (Wildman–Crippen LogP) is 3.55. The number of anilines is 2. The highest BCUT2D eigenvalue weighted by atomic mass is 32.2. The van der Waals surface area contributed by atoms with Gasteiger partial charge in [-0.3, -0.25) is 4.79 Å². The first-order chi connectivity index (χ1) is 21.4. The van der Waals surface area contributed by atoms with Gasteiger partial charge in [0.25, 0.3) is 5.91 Å². The molecule has 0 saturated carbocycles. The van der Waals surface area contributed by atoms with Crippen LogP contribution in [0.15, 0.2) is 30.7 Å². The Hall–Kier alpha value is -3.66. The van der Waals surface area contributed by atoms with Crippen LogP contribution in [-0.4, -0.2) is 106 Å². The fraction of sp³-hybridized carbons (Fsp3) is 0.533. The third kappa shape index (κ3) is 7.60. The highest BCUT2D eigenvalue weighted by Gasteiger charge is 2.49. The molecular weight excluding hydrogens is 607 g/mol. The van der Waals surface area contributed by atoms with Crippen LogP contribution < -0.4 is 15.8 Å². The molecule has 3 N–H and O–H groups in total. The van der Waals surface area contributed by atoms with Gasteiger partial charge in [0.1, 0.15) is 47.3 Å². The Labute approximate surface area is 264 Å². The van der Waals surface area contributed by atoms with E-state index in [2.05, 4.69) is 15.4 Å². The number of aromatic nitrogens is 3. The van der Waals surface area contributed by atoms with E-state index >= 15 is 0 Å². The summed E-state index contributed by atoms with van der Waals surface area (Å²) in [4.78, 5) is 29.3. The van der Waals surface area contributed by atoms with Crippen LogP contribution in [0.4, 0.5) is 20.7 Å². The maximum atomic E-state index is 14.1. The number of aryl methyl sites for hydroxylation is 1. The zero-order valence-electron chi connectivity index (χ0n) is 25.9. The molecule has 13 nitrogen and oxygen atoms in total. The van der Waals surface area contributed by atoms with Gasteiger partial charge >= 0.3 is 6.09 Å². The van der Waals surface area contributed by atoms with E-state index in [1.54, 1.807) is 31.2 Å². The summed E-state index contributed by atoms with van der Waals surface area (Å²) in [6.45, 7) is 9.78. The first-order valence-corrected chi connectivity index (χ1v) is 15.8. The summed E-state index contributed by atoms with van der Waals surface area (Å²) < 4.78 is 44.0. The van der Waals surface area contributed by atoms with Crippen molar-refractivity contribution in [1.82, 2.24) is 19.5 Å². The summed E-state index contributed by atoms with van der Waals surface area (Å²) in [5, 5.41) is 7.31. The molecule has 244 valence electrons. The highest BCUT2D eigenvalue weighted by Crippen LogP contribution is 2.36. The molecule has 3 saturated heterocycles. The van der Waals surface area contributed by atoms with E-state index in [-0.39, 0.29) is 35.8 Å². The topological polar surface area (TPSA) is 152 Å². The number of nitrogens with one attached hydrogen (secondary N) is 1. The molecule has 0 spiro atoms. The highest BCUT2D eigenvalue weighted by molar-refractivity contribution is 7.99. The van der Waals surface area contributed by atoms with Crippen molar-refractivity contribution in [3.8, 4) is 5.75 Å². The number of benzene rings is 1. The van der Waals surface area contributed by atoms with E-state index in [1.807, 2.05) is 32.5 Å². The second kappa shape index (κ2) is 13.8. The van der Waals surface area contributed by atoms with Crippen molar-refractivity contribution in [3.63, 3.8) is 0 Å². The van der Waals surface area contributed by atoms with E-state index < -0.39 is 17.8 Å². The lowest BCUT2D eigenvalue weighted by atomic mass is 10.1. The van der Waals surface area contributed by atoms with Crippen molar-refractivity contribution in [2.45, 2.75) is 57.7 Å². The van der Waals surface area contributed by atoms with Crippen molar-refractivity contribution >= 4 is 40.8 Å². The number of fused-ring (bicyclic) bond motifs is 2. The van der Waals surface area contributed by atoms with Crippen LogP contribution in [0.1, 0.15) is 36.7 Å². The average molecular weight is 647 g/mol. The van der Waals surface area contributed by atoms with Crippen LogP contribution in [0.3, 0.4) is 0 Å². The molecule has 5 heterocycles. The fourth-order valence-corrected chi connectivity index (χ4v) is 6.20. The third-order valence-electron chi connectivity index (χ3n) is 7.50. The Bertz CT molecular complexity index is 1530. The Kier molecular flexibility index (Phi) is 10.0. The standard InChI is InChI=1S/C21H22FN5O5.C9H17NO2S/c1-10-12(20(23)28)6-27-17(10)21(24-9-25-27)26-13-4-3-11(22)5-14(13)32-16-8-31-18-15(29-2)7-30-19(16)18;1-9(2,3)12-8(11)10-4-6-13-7-5-10/h3-6,9,15-16,18-19H,7-8H2,1-2H3,(H2,23,28)(H,24,25,26);4-7H2,1-3H3/t15?,16?,18-,19-;/m1./s1. The van der Waals surface area contributed by atoms with Gasteiger partial charge in [0, 0.05) is 44.0 Å². The molecule has 0 bridgehead atoms. The molecule has 3 aliphatic rings. The number of nitrogens with two attached hydrogens (primary N) is 1. The van der Waals surface area contributed by atoms with Gasteiger partial charge in [-0.05, 0) is 45.4 Å². The smallest absolute Gasteiger partial charge is 0.410 e. The number of nitrogens with zero attached hydrogens (tertiary/aromatic N) is 4. The number of carbonyl (C=O) groups is 2. The van der Waals surface area contributed by atoms with Crippen LogP contribution in [-0.2, 0) is 18.9 Å². The van der Waals surface area contributed by atoms with Gasteiger partial charge < -0.3 is 39.6 Å². The number of rotatable bonds is 6. The van der Waals surface area contributed by atoms with Crippen LogP contribution >= 0.6 is 11.8 Å². The summed E-state index contributed by atoms with van der Waals surface area (Å²) in [7, 11) is 1.61. The zero-order chi connectivity index (χ0) is 32.3. The number of methoxy groups -OCH3 is 1.